The Labute approximate surface area is 153 Å². The number of rotatable bonds is 6. The number of hydrogen-bond acceptors (Lipinski definition) is 7. The zero-order valence-corrected chi connectivity index (χ0v) is 15.3. The van der Waals surface area contributed by atoms with Crippen LogP contribution >= 0.6 is 23.1 Å². The molecule has 1 aromatic carbocycles. The first kappa shape index (κ1) is 17.3. The van der Waals surface area contributed by atoms with E-state index in [4.69, 9.17) is 10.6 Å². The molecule has 2 heterocycles. The SMILES string of the molecule is COc1ccc(NC(=O)C(C)Sc2nnc(-c3cccs3)n2N)cc1. The fourth-order valence-electron chi connectivity index (χ4n) is 2.06. The molecule has 0 aliphatic rings. The molecule has 7 nitrogen and oxygen atoms in total. The van der Waals surface area contributed by atoms with E-state index in [1.807, 2.05) is 17.5 Å². The Morgan fingerprint density at radius 2 is 2.08 bits per heavy atom. The number of aromatic nitrogens is 3. The minimum absolute atomic E-state index is 0.143. The van der Waals surface area contributed by atoms with Gasteiger partial charge in [0, 0.05) is 5.69 Å². The van der Waals surface area contributed by atoms with Gasteiger partial charge in [-0.3, -0.25) is 4.79 Å². The Balaban J connectivity index is 1.65. The summed E-state index contributed by atoms with van der Waals surface area (Å²) in [6, 6.07) is 11.0. The predicted molar refractivity (Wildman–Crippen MR) is 100 cm³/mol. The van der Waals surface area contributed by atoms with Crippen molar-refractivity contribution in [1.29, 1.82) is 0 Å². The number of anilines is 1. The van der Waals surface area contributed by atoms with Crippen LogP contribution in [0.25, 0.3) is 10.7 Å². The van der Waals surface area contributed by atoms with Crippen molar-refractivity contribution < 1.29 is 9.53 Å². The number of thioether (sulfide) groups is 1. The molecule has 0 spiro atoms. The zero-order valence-electron chi connectivity index (χ0n) is 13.7. The quantitative estimate of drug-likeness (QED) is 0.508. The van der Waals surface area contributed by atoms with Crippen molar-refractivity contribution in [2.75, 3.05) is 18.3 Å². The highest BCUT2D eigenvalue weighted by Gasteiger charge is 2.20. The highest BCUT2D eigenvalue weighted by Crippen LogP contribution is 2.27. The van der Waals surface area contributed by atoms with Gasteiger partial charge in [-0.2, -0.15) is 0 Å². The standard InChI is InChI=1S/C16H17N5O2S2/c1-10(15(22)18-11-5-7-12(23-2)8-6-11)25-16-20-19-14(21(16)17)13-4-3-9-24-13/h3-10H,17H2,1-2H3,(H,18,22). The molecule has 0 saturated carbocycles. The summed E-state index contributed by atoms with van der Waals surface area (Å²) in [7, 11) is 1.60. The predicted octanol–water partition coefficient (Wildman–Crippen LogP) is 2.85. The second-order valence-electron chi connectivity index (χ2n) is 5.13. The van der Waals surface area contributed by atoms with E-state index in [1.54, 1.807) is 38.3 Å². The molecular formula is C16H17N5O2S2. The largest absolute Gasteiger partial charge is 0.497 e. The van der Waals surface area contributed by atoms with E-state index in [0.29, 0.717) is 16.7 Å². The lowest BCUT2D eigenvalue weighted by molar-refractivity contribution is -0.115. The summed E-state index contributed by atoms with van der Waals surface area (Å²) in [6.45, 7) is 1.79. The highest BCUT2D eigenvalue weighted by molar-refractivity contribution is 8.00. The van der Waals surface area contributed by atoms with Crippen LogP contribution in [0.15, 0.2) is 46.9 Å². The molecule has 3 rings (SSSR count). The first-order chi connectivity index (χ1) is 12.1. The smallest absolute Gasteiger partial charge is 0.237 e. The van der Waals surface area contributed by atoms with Crippen molar-refractivity contribution in [2.45, 2.75) is 17.3 Å². The van der Waals surface area contributed by atoms with Gasteiger partial charge in [-0.05, 0) is 42.6 Å². The summed E-state index contributed by atoms with van der Waals surface area (Å²) >= 11 is 2.79. The summed E-state index contributed by atoms with van der Waals surface area (Å²) in [4.78, 5) is 13.3. The molecule has 1 unspecified atom stereocenters. The van der Waals surface area contributed by atoms with E-state index in [0.717, 1.165) is 10.6 Å². The third-order valence-electron chi connectivity index (χ3n) is 3.42. The Hall–Kier alpha value is -2.52. The molecule has 3 aromatic rings. The molecule has 2 aromatic heterocycles. The number of hydrogen-bond donors (Lipinski definition) is 2. The number of nitrogen functional groups attached to an aromatic ring is 1. The van der Waals surface area contributed by atoms with Crippen molar-refractivity contribution >= 4 is 34.7 Å². The molecule has 0 radical (unpaired) electrons. The second kappa shape index (κ2) is 7.58. The van der Waals surface area contributed by atoms with Crippen LogP contribution in [0.4, 0.5) is 5.69 Å². The van der Waals surface area contributed by atoms with Gasteiger partial charge >= 0.3 is 0 Å². The Morgan fingerprint density at radius 3 is 2.72 bits per heavy atom. The number of nitrogens with zero attached hydrogens (tertiary/aromatic N) is 3. The molecule has 25 heavy (non-hydrogen) atoms. The molecule has 9 heteroatoms. The molecule has 0 bridgehead atoms. The van der Waals surface area contributed by atoms with Gasteiger partial charge in [0.2, 0.25) is 11.1 Å². The lowest BCUT2D eigenvalue weighted by atomic mass is 10.3. The van der Waals surface area contributed by atoms with Gasteiger partial charge in [-0.25, -0.2) is 4.68 Å². The minimum atomic E-state index is -0.384. The van der Waals surface area contributed by atoms with Gasteiger partial charge in [0.15, 0.2) is 5.82 Å². The highest BCUT2D eigenvalue weighted by atomic mass is 32.2. The molecule has 130 valence electrons. The van der Waals surface area contributed by atoms with Crippen LogP contribution in [0.5, 0.6) is 5.75 Å². The first-order valence-electron chi connectivity index (χ1n) is 7.44. The van der Waals surface area contributed by atoms with Crippen LogP contribution in [-0.4, -0.2) is 33.1 Å². The Morgan fingerprint density at radius 1 is 1.32 bits per heavy atom. The van der Waals surface area contributed by atoms with Crippen LogP contribution in [0.1, 0.15) is 6.92 Å². The lowest BCUT2D eigenvalue weighted by Crippen LogP contribution is -2.23. The number of nitrogens with two attached hydrogens (primary N) is 1. The number of carbonyl (C=O) groups is 1. The van der Waals surface area contributed by atoms with Crippen molar-refractivity contribution in [3.8, 4) is 16.5 Å². The average Bonchev–Trinajstić information content (AvgIpc) is 3.26. The molecule has 1 amide bonds. The molecular weight excluding hydrogens is 358 g/mol. The number of nitrogens with one attached hydrogen (secondary N) is 1. The normalized spacial score (nSPS) is 11.9. The first-order valence-corrected chi connectivity index (χ1v) is 9.20. The fraction of sp³-hybridized carbons (Fsp3) is 0.188. The van der Waals surface area contributed by atoms with Gasteiger partial charge < -0.3 is 15.9 Å². The van der Waals surface area contributed by atoms with E-state index in [9.17, 15) is 4.79 Å². The van der Waals surface area contributed by atoms with Crippen LogP contribution in [0, 0.1) is 0 Å². The lowest BCUT2D eigenvalue weighted by Gasteiger charge is -2.11. The Bertz CT molecular complexity index is 846. The molecule has 1 atom stereocenters. The van der Waals surface area contributed by atoms with E-state index < -0.39 is 0 Å². The van der Waals surface area contributed by atoms with Gasteiger partial charge in [-0.1, -0.05) is 17.8 Å². The fourth-order valence-corrected chi connectivity index (χ4v) is 3.54. The topological polar surface area (TPSA) is 95.1 Å². The summed E-state index contributed by atoms with van der Waals surface area (Å²) in [5, 5.41) is 13.1. The van der Waals surface area contributed by atoms with Crippen LogP contribution in [0.3, 0.4) is 0 Å². The van der Waals surface area contributed by atoms with Crippen LogP contribution < -0.4 is 15.9 Å². The molecule has 0 aliphatic carbocycles. The number of thiophene rings is 1. The summed E-state index contributed by atoms with van der Waals surface area (Å²) in [5.74, 6) is 7.23. The summed E-state index contributed by atoms with van der Waals surface area (Å²) < 4.78 is 6.51. The minimum Gasteiger partial charge on any atom is -0.497 e. The third kappa shape index (κ3) is 3.94. The van der Waals surface area contributed by atoms with E-state index >= 15 is 0 Å². The second-order valence-corrected chi connectivity index (χ2v) is 7.39. The number of ether oxygens (including phenoxy) is 1. The number of benzene rings is 1. The third-order valence-corrected chi connectivity index (χ3v) is 5.34. The summed E-state index contributed by atoms with van der Waals surface area (Å²) in [5.41, 5.74) is 0.701. The molecule has 0 aliphatic heterocycles. The maximum atomic E-state index is 12.4. The average molecular weight is 375 g/mol. The maximum Gasteiger partial charge on any atom is 0.237 e. The monoisotopic (exact) mass is 375 g/mol. The number of methoxy groups -OCH3 is 1. The van der Waals surface area contributed by atoms with Crippen molar-refractivity contribution in [2.24, 2.45) is 0 Å². The number of amides is 1. The van der Waals surface area contributed by atoms with E-state index in [2.05, 4.69) is 15.5 Å². The van der Waals surface area contributed by atoms with Gasteiger partial charge in [0.1, 0.15) is 5.75 Å². The van der Waals surface area contributed by atoms with E-state index in [1.165, 1.54) is 27.8 Å². The summed E-state index contributed by atoms with van der Waals surface area (Å²) in [6.07, 6.45) is 0. The zero-order chi connectivity index (χ0) is 17.8. The van der Waals surface area contributed by atoms with Crippen LogP contribution in [-0.2, 0) is 4.79 Å². The number of carbonyl (C=O) groups excluding carboxylic acids is 1. The maximum absolute atomic E-state index is 12.4. The van der Waals surface area contributed by atoms with Crippen molar-refractivity contribution in [1.82, 2.24) is 14.9 Å². The van der Waals surface area contributed by atoms with Crippen molar-refractivity contribution in [3.05, 3.63) is 41.8 Å². The van der Waals surface area contributed by atoms with Gasteiger partial charge in [0.05, 0.1) is 17.2 Å². The van der Waals surface area contributed by atoms with Crippen molar-refractivity contribution in [3.63, 3.8) is 0 Å². The van der Waals surface area contributed by atoms with Crippen LogP contribution in [0.2, 0.25) is 0 Å². The molecule has 3 N–H and O–H groups in total. The Kier molecular flexibility index (Phi) is 5.25. The van der Waals surface area contributed by atoms with Gasteiger partial charge in [0.25, 0.3) is 0 Å². The van der Waals surface area contributed by atoms with Gasteiger partial charge in [-0.15, -0.1) is 21.5 Å². The van der Waals surface area contributed by atoms with E-state index in [-0.39, 0.29) is 11.2 Å². The molecule has 0 saturated heterocycles. The molecule has 0 fully saturated rings.